The number of fused-ring (bicyclic) bond motifs is 11. The lowest BCUT2D eigenvalue weighted by molar-refractivity contribution is 0.664. The molecule has 0 fully saturated rings. The van der Waals surface area contributed by atoms with Crippen molar-refractivity contribution in [3.05, 3.63) is 235 Å². The lowest BCUT2D eigenvalue weighted by Gasteiger charge is -2.32. The van der Waals surface area contributed by atoms with E-state index in [0.717, 1.165) is 44.4 Å². The van der Waals surface area contributed by atoms with E-state index in [1.54, 1.807) is 0 Å². The van der Waals surface area contributed by atoms with Crippen LogP contribution in [0, 0.1) is 0 Å². The molecule has 0 aliphatic heterocycles. The van der Waals surface area contributed by atoms with Crippen molar-refractivity contribution in [1.29, 1.82) is 0 Å². The Morgan fingerprint density at radius 1 is 0.356 bits per heavy atom. The van der Waals surface area contributed by atoms with Gasteiger partial charge in [-0.05, 0) is 102 Å². The molecule has 11 aromatic rings. The summed E-state index contributed by atoms with van der Waals surface area (Å²) in [4.78, 5) is 2.46. The van der Waals surface area contributed by atoms with Crippen LogP contribution >= 0.6 is 0 Å². The average molecular weight is 750 g/mol. The Morgan fingerprint density at radius 3 is 1.61 bits per heavy atom. The van der Waals surface area contributed by atoms with Gasteiger partial charge in [0.15, 0.2) is 5.58 Å². The highest BCUT2D eigenvalue weighted by molar-refractivity contribution is 6.25. The van der Waals surface area contributed by atoms with Gasteiger partial charge < -0.3 is 9.32 Å². The normalized spacial score (nSPS) is 13.2. The quantitative estimate of drug-likeness (QED) is 0.178. The smallest absolute Gasteiger partial charge is 0.159 e. The van der Waals surface area contributed by atoms with Crippen molar-refractivity contribution in [3.8, 4) is 33.4 Å². The molecule has 1 spiro atoms. The van der Waals surface area contributed by atoms with Crippen LogP contribution in [0.4, 0.5) is 17.1 Å². The topological polar surface area (TPSA) is 16.4 Å². The molecule has 0 saturated carbocycles. The van der Waals surface area contributed by atoms with Crippen LogP contribution in [0.1, 0.15) is 22.3 Å². The van der Waals surface area contributed by atoms with Crippen LogP contribution < -0.4 is 4.90 Å². The van der Waals surface area contributed by atoms with Gasteiger partial charge in [-0.25, -0.2) is 0 Å². The number of hydrogen-bond donors (Lipinski definition) is 0. The second kappa shape index (κ2) is 12.2. The minimum atomic E-state index is -0.464. The molecule has 2 aliphatic rings. The fourth-order valence-corrected chi connectivity index (χ4v) is 10.7. The summed E-state index contributed by atoms with van der Waals surface area (Å²) in [6, 6.07) is 77.9. The summed E-state index contributed by atoms with van der Waals surface area (Å²) in [7, 11) is 0. The number of hydrogen-bond acceptors (Lipinski definition) is 2. The Morgan fingerprint density at radius 2 is 0.898 bits per heavy atom. The van der Waals surface area contributed by atoms with Crippen molar-refractivity contribution >= 4 is 60.5 Å². The molecule has 0 amide bonds. The van der Waals surface area contributed by atoms with Crippen LogP contribution in [0.25, 0.3) is 76.9 Å². The van der Waals surface area contributed by atoms with Crippen LogP contribution in [0.15, 0.2) is 217 Å². The van der Waals surface area contributed by atoms with Crippen LogP contribution in [0.2, 0.25) is 0 Å². The van der Waals surface area contributed by atoms with Crippen LogP contribution in [-0.2, 0) is 5.41 Å². The Kier molecular flexibility index (Phi) is 6.68. The van der Waals surface area contributed by atoms with E-state index >= 15 is 0 Å². The first kappa shape index (κ1) is 32.4. The minimum absolute atomic E-state index is 0.464. The minimum Gasteiger partial charge on any atom is -0.454 e. The van der Waals surface area contributed by atoms with E-state index in [4.69, 9.17) is 4.42 Å². The van der Waals surface area contributed by atoms with Gasteiger partial charge in [-0.2, -0.15) is 0 Å². The van der Waals surface area contributed by atoms with Gasteiger partial charge in [-0.3, -0.25) is 0 Å². The molecule has 0 unspecified atom stereocenters. The second-order valence-corrected chi connectivity index (χ2v) is 15.9. The highest BCUT2D eigenvalue weighted by Gasteiger charge is 2.52. The van der Waals surface area contributed by atoms with Crippen LogP contribution in [0.5, 0.6) is 0 Å². The number of nitrogens with zero attached hydrogens (tertiary/aromatic N) is 1. The molecule has 0 bridgehead atoms. The number of anilines is 3. The summed E-state index contributed by atoms with van der Waals surface area (Å²) >= 11 is 0. The Labute approximate surface area is 341 Å². The maximum Gasteiger partial charge on any atom is 0.159 e. The molecule has 2 aliphatic carbocycles. The zero-order chi connectivity index (χ0) is 38.7. The van der Waals surface area contributed by atoms with Crippen molar-refractivity contribution in [2.45, 2.75) is 5.41 Å². The first-order valence-corrected chi connectivity index (χ1v) is 20.4. The third-order valence-corrected chi connectivity index (χ3v) is 13.1. The van der Waals surface area contributed by atoms with E-state index in [9.17, 15) is 0 Å². The Hall–Kier alpha value is -7.68. The van der Waals surface area contributed by atoms with Crippen molar-refractivity contribution in [1.82, 2.24) is 0 Å². The van der Waals surface area contributed by atoms with E-state index in [2.05, 4.69) is 217 Å². The van der Waals surface area contributed by atoms with Crippen molar-refractivity contribution in [2.24, 2.45) is 0 Å². The first-order chi connectivity index (χ1) is 29.3. The number of rotatable bonds is 4. The molecule has 0 N–H and O–H groups in total. The monoisotopic (exact) mass is 749 g/mol. The molecule has 0 radical (unpaired) electrons. The molecule has 2 heteroatoms. The van der Waals surface area contributed by atoms with E-state index in [1.165, 1.54) is 71.8 Å². The predicted molar refractivity (Wildman–Crippen MR) is 245 cm³/mol. The third-order valence-electron chi connectivity index (χ3n) is 13.1. The molecule has 13 rings (SSSR count). The maximum absolute atomic E-state index is 7.33. The predicted octanol–water partition coefficient (Wildman–Crippen LogP) is 15.4. The van der Waals surface area contributed by atoms with E-state index in [0.29, 0.717) is 0 Å². The van der Waals surface area contributed by atoms with Crippen LogP contribution in [-0.4, -0.2) is 0 Å². The third kappa shape index (κ3) is 4.35. The molecular weight excluding hydrogens is 715 g/mol. The summed E-state index contributed by atoms with van der Waals surface area (Å²) in [6.07, 6.45) is 0. The van der Waals surface area contributed by atoms with Gasteiger partial charge in [0.05, 0.1) is 16.8 Å². The molecule has 1 aromatic heterocycles. The molecule has 0 saturated heterocycles. The zero-order valence-corrected chi connectivity index (χ0v) is 32.1. The van der Waals surface area contributed by atoms with E-state index in [-0.39, 0.29) is 0 Å². The molecule has 274 valence electrons. The fraction of sp³-hybridized carbons (Fsp3) is 0.0175. The standard InChI is InChI=1S/C57H35NO/c1-2-14-36(15-3-1)37-30-33-40(34-31-37)58(51-35-32-39-17-11-23-44-43-22-10-16-38-18-12-29-52(53(38)43)59-56(51)54(39)44)50-28-13-27-49-55(50)45-21-6-9-26-48(45)57(49)46-24-7-4-19-41(46)42-20-5-8-25-47(42)57/h1-35H. The largest absolute Gasteiger partial charge is 0.454 e. The Balaban J connectivity index is 1.16. The van der Waals surface area contributed by atoms with Crippen molar-refractivity contribution in [2.75, 3.05) is 4.90 Å². The van der Waals surface area contributed by atoms with Gasteiger partial charge in [0.25, 0.3) is 0 Å². The second-order valence-electron chi connectivity index (χ2n) is 15.9. The van der Waals surface area contributed by atoms with Gasteiger partial charge in [0.1, 0.15) is 5.58 Å². The van der Waals surface area contributed by atoms with E-state index < -0.39 is 5.41 Å². The molecular formula is C57H35NO. The summed E-state index contributed by atoms with van der Waals surface area (Å²) in [5, 5.41) is 6.93. The molecule has 0 atom stereocenters. The van der Waals surface area contributed by atoms with Crippen molar-refractivity contribution < 1.29 is 4.42 Å². The van der Waals surface area contributed by atoms with Gasteiger partial charge in [-0.15, -0.1) is 0 Å². The summed E-state index contributed by atoms with van der Waals surface area (Å²) in [5.41, 5.74) is 17.1. The highest BCUT2D eigenvalue weighted by Crippen LogP contribution is 2.64. The molecule has 1 heterocycles. The van der Waals surface area contributed by atoms with Crippen molar-refractivity contribution in [3.63, 3.8) is 0 Å². The molecule has 59 heavy (non-hydrogen) atoms. The highest BCUT2D eigenvalue weighted by atomic mass is 16.3. The summed E-state index contributed by atoms with van der Waals surface area (Å²) in [6.45, 7) is 0. The first-order valence-electron chi connectivity index (χ1n) is 20.4. The van der Waals surface area contributed by atoms with E-state index in [1.807, 2.05) is 0 Å². The molecule has 10 aromatic carbocycles. The van der Waals surface area contributed by atoms with Gasteiger partial charge in [0, 0.05) is 22.0 Å². The van der Waals surface area contributed by atoms with Gasteiger partial charge >= 0.3 is 0 Å². The Bertz CT molecular complexity index is 3450. The number of benzene rings is 10. The summed E-state index contributed by atoms with van der Waals surface area (Å²) < 4.78 is 7.33. The SMILES string of the molecule is c1ccc(-c2ccc(N(c3cccc4c3-c3ccccc3C43c4ccccc4-c4ccccc43)c3ccc4cccc5c6cccc7cccc(oc3c45)c76)cc2)cc1. The fourth-order valence-electron chi connectivity index (χ4n) is 10.7. The van der Waals surface area contributed by atoms with Gasteiger partial charge in [0.2, 0.25) is 0 Å². The molecule has 2 nitrogen and oxygen atoms in total. The van der Waals surface area contributed by atoms with Crippen LogP contribution in [0.3, 0.4) is 0 Å². The lowest BCUT2D eigenvalue weighted by Crippen LogP contribution is -2.26. The zero-order valence-electron chi connectivity index (χ0n) is 32.1. The average Bonchev–Trinajstić information content (AvgIpc) is 3.72. The maximum atomic E-state index is 7.33. The lowest BCUT2D eigenvalue weighted by atomic mass is 9.70. The summed E-state index contributed by atoms with van der Waals surface area (Å²) in [5.74, 6) is 0. The van der Waals surface area contributed by atoms with Gasteiger partial charge in [-0.1, -0.05) is 182 Å².